The maximum absolute atomic E-state index is 12.6. The van der Waals surface area contributed by atoms with Crippen LogP contribution in [-0.2, 0) is 26.2 Å². The number of carbonyl (C=O) groups excluding carboxylic acids is 2. The van der Waals surface area contributed by atoms with Gasteiger partial charge >= 0.3 is 12.1 Å². The van der Waals surface area contributed by atoms with Gasteiger partial charge < -0.3 is 19.7 Å². The number of anilines is 1. The molecule has 0 saturated heterocycles. The van der Waals surface area contributed by atoms with Crippen LogP contribution in [0.2, 0.25) is 0 Å². The van der Waals surface area contributed by atoms with Gasteiger partial charge in [0.1, 0.15) is 12.1 Å². The van der Waals surface area contributed by atoms with Gasteiger partial charge in [-0.25, -0.2) is 4.79 Å². The van der Waals surface area contributed by atoms with Crippen molar-refractivity contribution in [3.63, 3.8) is 0 Å². The molecule has 1 aliphatic heterocycles. The molecule has 6 nitrogen and oxygen atoms in total. The molecule has 0 radical (unpaired) electrons. The molecule has 0 aliphatic carbocycles. The van der Waals surface area contributed by atoms with E-state index in [1.165, 1.54) is 5.56 Å². The highest BCUT2D eigenvalue weighted by atomic mass is 16.6. The highest BCUT2D eigenvalue weighted by Crippen LogP contribution is 2.37. The van der Waals surface area contributed by atoms with E-state index in [2.05, 4.69) is 25.2 Å². The molecule has 1 aliphatic rings. The van der Waals surface area contributed by atoms with Crippen LogP contribution in [0, 0.1) is 0 Å². The molecule has 0 aromatic heterocycles. The zero-order valence-corrected chi connectivity index (χ0v) is 16.6. The molecular formula is C20H30N2O4. The maximum Gasteiger partial charge on any atom is 0.410 e. The van der Waals surface area contributed by atoms with Crippen LogP contribution < -0.4 is 5.32 Å². The molecule has 1 heterocycles. The second-order valence-corrected chi connectivity index (χ2v) is 8.21. The highest BCUT2D eigenvalue weighted by Gasteiger charge is 2.36. The van der Waals surface area contributed by atoms with Crippen LogP contribution in [0.5, 0.6) is 0 Å². The Morgan fingerprint density at radius 1 is 1.27 bits per heavy atom. The van der Waals surface area contributed by atoms with Crippen molar-refractivity contribution in [2.75, 3.05) is 25.0 Å². The third-order valence-electron chi connectivity index (χ3n) is 4.22. The van der Waals surface area contributed by atoms with E-state index < -0.39 is 5.60 Å². The summed E-state index contributed by atoms with van der Waals surface area (Å²) < 4.78 is 10.5. The minimum Gasteiger partial charge on any atom is -0.465 e. The predicted molar refractivity (Wildman–Crippen MR) is 101 cm³/mol. The molecule has 0 spiro atoms. The molecule has 1 aromatic rings. The summed E-state index contributed by atoms with van der Waals surface area (Å²) in [5, 5.41) is 3.15. The van der Waals surface area contributed by atoms with Gasteiger partial charge in [0.25, 0.3) is 0 Å². The van der Waals surface area contributed by atoms with Gasteiger partial charge in [-0.05, 0) is 44.9 Å². The fourth-order valence-electron chi connectivity index (χ4n) is 3.20. The second-order valence-electron chi connectivity index (χ2n) is 8.21. The van der Waals surface area contributed by atoms with E-state index in [4.69, 9.17) is 9.47 Å². The largest absolute Gasteiger partial charge is 0.465 e. The lowest BCUT2D eigenvalue weighted by Gasteiger charge is -2.41. The third-order valence-corrected chi connectivity index (χ3v) is 4.22. The van der Waals surface area contributed by atoms with Gasteiger partial charge in [-0.1, -0.05) is 26.0 Å². The molecule has 144 valence electrons. The van der Waals surface area contributed by atoms with Crippen molar-refractivity contribution >= 4 is 17.7 Å². The van der Waals surface area contributed by atoms with Gasteiger partial charge in [-0.15, -0.1) is 0 Å². The smallest absolute Gasteiger partial charge is 0.410 e. The first-order valence-corrected chi connectivity index (χ1v) is 9.03. The van der Waals surface area contributed by atoms with Crippen molar-refractivity contribution in [2.45, 2.75) is 59.1 Å². The molecule has 0 atom stereocenters. The third kappa shape index (κ3) is 4.90. The van der Waals surface area contributed by atoms with Gasteiger partial charge in [0.05, 0.1) is 13.2 Å². The maximum atomic E-state index is 12.6. The van der Waals surface area contributed by atoms with E-state index in [0.29, 0.717) is 19.7 Å². The lowest BCUT2D eigenvalue weighted by Crippen LogP contribution is -2.47. The van der Waals surface area contributed by atoms with Crippen LogP contribution >= 0.6 is 0 Å². The first kappa shape index (κ1) is 20.1. The van der Waals surface area contributed by atoms with Crippen LogP contribution in [-0.4, -0.2) is 42.3 Å². The van der Waals surface area contributed by atoms with Crippen LogP contribution in [0.4, 0.5) is 10.5 Å². The monoisotopic (exact) mass is 362 g/mol. The molecular weight excluding hydrogens is 332 g/mol. The number of benzene rings is 1. The molecule has 0 unspecified atom stereocenters. The first-order chi connectivity index (χ1) is 12.0. The molecule has 0 saturated carbocycles. The van der Waals surface area contributed by atoms with E-state index in [1.54, 1.807) is 11.8 Å². The Morgan fingerprint density at radius 2 is 1.96 bits per heavy atom. The Hall–Kier alpha value is -2.24. The zero-order chi connectivity index (χ0) is 19.5. The van der Waals surface area contributed by atoms with Gasteiger partial charge in [0.15, 0.2) is 0 Å². The Balaban J connectivity index is 2.25. The Kier molecular flexibility index (Phi) is 5.84. The normalized spacial score (nSPS) is 15.8. The standard InChI is InChI=1S/C20H30N2O4/c1-7-25-17(23)11-21-16-10-8-9-15-14(16)12-22(13-20(15,5)6)18(24)26-19(2,3)4/h8-10,21H,7,11-13H2,1-6H3. The number of amides is 1. The van der Waals surface area contributed by atoms with Crippen LogP contribution in [0.1, 0.15) is 52.7 Å². The van der Waals surface area contributed by atoms with Crippen molar-refractivity contribution in [2.24, 2.45) is 0 Å². The van der Waals surface area contributed by atoms with Gasteiger partial charge in [-0.2, -0.15) is 0 Å². The average molecular weight is 362 g/mol. The molecule has 1 amide bonds. The first-order valence-electron chi connectivity index (χ1n) is 9.03. The SMILES string of the molecule is CCOC(=O)CNc1cccc2c1CN(C(=O)OC(C)(C)C)CC2(C)C. The van der Waals surface area contributed by atoms with E-state index in [-0.39, 0.29) is 24.0 Å². The Morgan fingerprint density at radius 3 is 2.58 bits per heavy atom. The summed E-state index contributed by atoms with van der Waals surface area (Å²) in [6.45, 7) is 13.1. The Bertz CT molecular complexity index is 677. The average Bonchev–Trinajstić information content (AvgIpc) is 2.51. The van der Waals surface area contributed by atoms with Crippen LogP contribution in [0.25, 0.3) is 0 Å². The number of fused-ring (bicyclic) bond motifs is 1. The van der Waals surface area contributed by atoms with Crippen molar-refractivity contribution in [1.82, 2.24) is 4.90 Å². The van der Waals surface area contributed by atoms with Crippen LogP contribution in [0.3, 0.4) is 0 Å². The molecule has 1 N–H and O–H groups in total. The summed E-state index contributed by atoms with van der Waals surface area (Å²) in [6, 6.07) is 5.97. The van der Waals surface area contributed by atoms with Crippen molar-refractivity contribution in [1.29, 1.82) is 0 Å². The van der Waals surface area contributed by atoms with E-state index in [0.717, 1.165) is 11.3 Å². The van der Waals surface area contributed by atoms with Crippen LogP contribution in [0.15, 0.2) is 18.2 Å². The number of nitrogens with zero attached hydrogens (tertiary/aromatic N) is 1. The lowest BCUT2D eigenvalue weighted by atomic mass is 9.78. The summed E-state index contributed by atoms with van der Waals surface area (Å²) in [7, 11) is 0. The number of hydrogen-bond donors (Lipinski definition) is 1. The van der Waals surface area contributed by atoms with Gasteiger partial charge in [0, 0.05) is 17.6 Å². The summed E-state index contributed by atoms with van der Waals surface area (Å²) in [4.78, 5) is 26.0. The predicted octanol–water partition coefficient (Wildman–Crippen LogP) is 3.69. The topological polar surface area (TPSA) is 67.9 Å². The number of esters is 1. The molecule has 1 aromatic carbocycles. The molecule has 0 bridgehead atoms. The molecule has 6 heteroatoms. The number of carbonyl (C=O) groups is 2. The van der Waals surface area contributed by atoms with E-state index in [9.17, 15) is 9.59 Å². The molecule has 26 heavy (non-hydrogen) atoms. The second kappa shape index (κ2) is 7.56. The van der Waals surface area contributed by atoms with Crippen molar-refractivity contribution < 1.29 is 19.1 Å². The highest BCUT2D eigenvalue weighted by molar-refractivity contribution is 5.76. The summed E-state index contributed by atoms with van der Waals surface area (Å²) >= 11 is 0. The zero-order valence-electron chi connectivity index (χ0n) is 16.6. The summed E-state index contributed by atoms with van der Waals surface area (Å²) in [6.07, 6.45) is -0.323. The lowest BCUT2D eigenvalue weighted by molar-refractivity contribution is -0.140. The van der Waals surface area contributed by atoms with Gasteiger partial charge in [0.2, 0.25) is 0 Å². The number of nitrogens with one attached hydrogen (secondary N) is 1. The number of ether oxygens (including phenoxy) is 2. The Labute approximate surface area is 155 Å². The summed E-state index contributed by atoms with van der Waals surface area (Å²) in [5.41, 5.74) is 2.27. The van der Waals surface area contributed by atoms with E-state index >= 15 is 0 Å². The quantitative estimate of drug-likeness (QED) is 0.828. The molecule has 2 rings (SSSR count). The molecule has 0 fully saturated rings. The minimum atomic E-state index is -0.539. The minimum absolute atomic E-state index is 0.0944. The fourth-order valence-corrected chi connectivity index (χ4v) is 3.20. The fraction of sp³-hybridized carbons (Fsp3) is 0.600. The number of hydrogen-bond acceptors (Lipinski definition) is 5. The summed E-state index contributed by atoms with van der Waals surface area (Å²) in [5.74, 6) is -0.302. The van der Waals surface area contributed by atoms with E-state index in [1.807, 2.05) is 32.9 Å². The van der Waals surface area contributed by atoms with Crippen molar-refractivity contribution in [3.8, 4) is 0 Å². The number of rotatable bonds is 4. The van der Waals surface area contributed by atoms with Gasteiger partial charge in [-0.3, -0.25) is 4.79 Å². The van der Waals surface area contributed by atoms with Crippen molar-refractivity contribution in [3.05, 3.63) is 29.3 Å².